The molecule has 0 aliphatic carbocycles. The Balaban J connectivity index is 2.26. The Morgan fingerprint density at radius 3 is 2.37 bits per heavy atom. The SMILES string of the molecule is CNC(C)c1ccc(Br)cc1N1CCCCCCC1. The van der Waals surface area contributed by atoms with Crippen LogP contribution in [0.4, 0.5) is 5.69 Å². The van der Waals surface area contributed by atoms with E-state index in [4.69, 9.17) is 0 Å². The van der Waals surface area contributed by atoms with E-state index < -0.39 is 0 Å². The standard InChI is InChI=1S/C16H25BrN2/c1-13(18-2)15-9-8-14(17)12-16(15)19-10-6-4-3-5-7-11-19/h8-9,12-13,18H,3-7,10-11H2,1-2H3. The number of nitrogens with zero attached hydrogens (tertiary/aromatic N) is 1. The summed E-state index contributed by atoms with van der Waals surface area (Å²) in [7, 11) is 2.03. The normalized spacial score (nSPS) is 18.8. The molecule has 0 bridgehead atoms. The van der Waals surface area contributed by atoms with Crippen LogP contribution < -0.4 is 10.2 Å². The second-order valence-corrected chi connectivity index (χ2v) is 6.38. The van der Waals surface area contributed by atoms with Gasteiger partial charge in [-0.1, -0.05) is 41.3 Å². The van der Waals surface area contributed by atoms with E-state index in [9.17, 15) is 0 Å². The van der Waals surface area contributed by atoms with Crippen molar-refractivity contribution in [2.24, 2.45) is 0 Å². The summed E-state index contributed by atoms with van der Waals surface area (Å²) in [4.78, 5) is 2.58. The second kappa shape index (κ2) is 7.30. The number of anilines is 1. The number of hydrogen-bond acceptors (Lipinski definition) is 2. The predicted octanol–water partition coefficient (Wildman–Crippen LogP) is 4.50. The fraction of sp³-hybridized carbons (Fsp3) is 0.625. The Hall–Kier alpha value is -0.540. The van der Waals surface area contributed by atoms with Gasteiger partial charge in [0.1, 0.15) is 0 Å². The van der Waals surface area contributed by atoms with E-state index in [1.807, 2.05) is 7.05 Å². The summed E-state index contributed by atoms with van der Waals surface area (Å²) >= 11 is 3.62. The maximum absolute atomic E-state index is 3.62. The summed E-state index contributed by atoms with van der Waals surface area (Å²) in [6.07, 6.45) is 6.80. The molecular formula is C16H25BrN2. The minimum absolute atomic E-state index is 0.397. The fourth-order valence-corrected chi connectivity index (χ4v) is 3.15. The highest BCUT2D eigenvalue weighted by Crippen LogP contribution is 2.31. The Morgan fingerprint density at radius 2 is 1.74 bits per heavy atom. The zero-order valence-electron chi connectivity index (χ0n) is 12.1. The van der Waals surface area contributed by atoms with Gasteiger partial charge in [0.25, 0.3) is 0 Å². The summed E-state index contributed by atoms with van der Waals surface area (Å²) in [5.74, 6) is 0. The average Bonchev–Trinajstić information content (AvgIpc) is 2.37. The lowest BCUT2D eigenvalue weighted by atomic mass is 10.0. The number of halogens is 1. The lowest BCUT2D eigenvalue weighted by Crippen LogP contribution is -2.29. The Morgan fingerprint density at radius 1 is 1.11 bits per heavy atom. The first-order valence-electron chi connectivity index (χ1n) is 7.44. The van der Waals surface area contributed by atoms with E-state index in [-0.39, 0.29) is 0 Å². The molecular weight excluding hydrogens is 300 g/mol. The third kappa shape index (κ3) is 3.96. The maximum Gasteiger partial charge on any atom is 0.0425 e. The predicted molar refractivity (Wildman–Crippen MR) is 86.9 cm³/mol. The van der Waals surface area contributed by atoms with E-state index in [0.29, 0.717) is 6.04 Å². The molecule has 1 N–H and O–H groups in total. The molecule has 0 spiro atoms. The van der Waals surface area contributed by atoms with Gasteiger partial charge in [-0.05, 0) is 44.5 Å². The Kier molecular flexibility index (Phi) is 5.71. The van der Waals surface area contributed by atoms with Gasteiger partial charge in [-0.15, -0.1) is 0 Å². The van der Waals surface area contributed by atoms with Crippen LogP contribution in [-0.4, -0.2) is 20.1 Å². The molecule has 1 aliphatic heterocycles. The van der Waals surface area contributed by atoms with Crippen molar-refractivity contribution in [1.29, 1.82) is 0 Å². The number of rotatable bonds is 3. The number of benzene rings is 1. The molecule has 19 heavy (non-hydrogen) atoms. The highest BCUT2D eigenvalue weighted by Gasteiger charge is 2.16. The first kappa shape index (κ1) is 14.9. The van der Waals surface area contributed by atoms with Crippen molar-refractivity contribution >= 4 is 21.6 Å². The van der Waals surface area contributed by atoms with Gasteiger partial charge in [0.15, 0.2) is 0 Å². The average molecular weight is 325 g/mol. The second-order valence-electron chi connectivity index (χ2n) is 5.47. The van der Waals surface area contributed by atoms with E-state index in [0.717, 1.165) is 0 Å². The van der Waals surface area contributed by atoms with Gasteiger partial charge in [-0.2, -0.15) is 0 Å². The molecule has 1 fully saturated rings. The molecule has 3 heteroatoms. The van der Waals surface area contributed by atoms with Crippen LogP contribution in [0.15, 0.2) is 22.7 Å². The van der Waals surface area contributed by atoms with Crippen molar-refractivity contribution in [2.75, 3.05) is 25.0 Å². The lowest BCUT2D eigenvalue weighted by molar-refractivity contribution is 0.552. The van der Waals surface area contributed by atoms with E-state index in [1.165, 1.54) is 60.9 Å². The molecule has 0 radical (unpaired) electrons. The fourth-order valence-electron chi connectivity index (χ4n) is 2.80. The molecule has 106 valence electrons. The maximum atomic E-state index is 3.62. The van der Waals surface area contributed by atoms with Crippen LogP contribution >= 0.6 is 15.9 Å². The van der Waals surface area contributed by atoms with Crippen LogP contribution in [-0.2, 0) is 0 Å². The zero-order chi connectivity index (χ0) is 13.7. The van der Waals surface area contributed by atoms with Crippen molar-refractivity contribution < 1.29 is 0 Å². The first-order chi connectivity index (χ1) is 9.22. The quantitative estimate of drug-likeness (QED) is 0.880. The van der Waals surface area contributed by atoms with Crippen LogP contribution in [0, 0.1) is 0 Å². The van der Waals surface area contributed by atoms with Crippen LogP contribution in [0.25, 0.3) is 0 Å². The molecule has 2 nitrogen and oxygen atoms in total. The van der Waals surface area contributed by atoms with Crippen molar-refractivity contribution in [3.63, 3.8) is 0 Å². The van der Waals surface area contributed by atoms with Crippen molar-refractivity contribution in [3.05, 3.63) is 28.2 Å². The molecule has 0 saturated carbocycles. The van der Waals surface area contributed by atoms with Gasteiger partial charge >= 0.3 is 0 Å². The van der Waals surface area contributed by atoms with Gasteiger partial charge in [-0.3, -0.25) is 0 Å². The largest absolute Gasteiger partial charge is 0.371 e. The van der Waals surface area contributed by atoms with E-state index >= 15 is 0 Å². The van der Waals surface area contributed by atoms with Gasteiger partial charge in [0.05, 0.1) is 0 Å². The molecule has 0 amide bonds. The molecule has 1 aromatic rings. The molecule has 0 aromatic heterocycles. The van der Waals surface area contributed by atoms with Crippen LogP contribution in [0.2, 0.25) is 0 Å². The third-order valence-corrected chi connectivity index (χ3v) is 4.58. The van der Waals surface area contributed by atoms with Gasteiger partial charge < -0.3 is 10.2 Å². The van der Waals surface area contributed by atoms with Crippen LogP contribution in [0.3, 0.4) is 0 Å². The Bertz CT molecular complexity index is 398. The van der Waals surface area contributed by atoms with Crippen LogP contribution in [0.5, 0.6) is 0 Å². The van der Waals surface area contributed by atoms with Crippen molar-refractivity contribution in [3.8, 4) is 0 Å². The highest BCUT2D eigenvalue weighted by atomic mass is 79.9. The minimum Gasteiger partial charge on any atom is -0.371 e. The molecule has 2 rings (SSSR count). The number of hydrogen-bond donors (Lipinski definition) is 1. The van der Waals surface area contributed by atoms with Crippen LogP contribution in [0.1, 0.15) is 50.6 Å². The lowest BCUT2D eigenvalue weighted by Gasteiger charge is -2.30. The first-order valence-corrected chi connectivity index (χ1v) is 8.23. The number of nitrogens with one attached hydrogen (secondary N) is 1. The summed E-state index contributed by atoms with van der Waals surface area (Å²) in [5.41, 5.74) is 2.81. The molecule has 1 unspecified atom stereocenters. The molecule has 1 atom stereocenters. The van der Waals surface area contributed by atoms with Gasteiger partial charge in [0.2, 0.25) is 0 Å². The third-order valence-electron chi connectivity index (χ3n) is 4.09. The summed E-state index contributed by atoms with van der Waals surface area (Å²) in [5, 5.41) is 3.37. The molecule has 1 saturated heterocycles. The Labute approximate surface area is 125 Å². The summed E-state index contributed by atoms with van der Waals surface area (Å²) in [6, 6.07) is 7.08. The smallest absolute Gasteiger partial charge is 0.0425 e. The minimum atomic E-state index is 0.397. The van der Waals surface area contributed by atoms with E-state index in [1.54, 1.807) is 0 Å². The van der Waals surface area contributed by atoms with Gasteiger partial charge in [-0.25, -0.2) is 0 Å². The zero-order valence-corrected chi connectivity index (χ0v) is 13.7. The summed E-state index contributed by atoms with van der Waals surface area (Å²) < 4.78 is 1.18. The topological polar surface area (TPSA) is 15.3 Å². The van der Waals surface area contributed by atoms with Crippen molar-refractivity contribution in [2.45, 2.75) is 45.1 Å². The van der Waals surface area contributed by atoms with Gasteiger partial charge in [0, 0.05) is 29.3 Å². The molecule has 1 aromatic carbocycles. The van der Waals surface area contributed by atoms with E-state index in [2.05, 4.69) is 51.3 Å². The summed E-state index contributed by atoms with van der Waals surface area (Å²) in [6.45, 7) is 4.62. The molecule has 1 heterocycles. The molecule has 1 aliphatic rings. The highest BCUT2D eigenvalue weighted by molar-refractivity contribution is 9.10. The van der Waals surface area contributed by atoms with Crippen molar-refractivity contribution in [1.82, 2.24) is 5.32 Å². The monoisotopic (exact) mass is 324 g/mol.